The molecule has 0 unspecified atom stereocenters. The lowest BCUT2D eigenvalue weighted by molar-refractivity contribution is -0.153. The Bertz CT molecular complexity index is 1160. The topological polar surface area (TPSA) is 115 Å². The van der Waals surface area contributed by atoms with E-state index in [9.17, 15) is 26.4 Å². The predicted molar refractivity (Wildman–Crippen MR) is 111 cm³/mol. The lowest BCUT2D eigenvalue weighted by atomic mass is 10.2. The van der Waals surface area contributed by atoms with E-state index >= 15 is 0 Å². The van der Waals surface area contributed by atoms with Crippen molar-refractivity contribution in [1.82, 2.24) is 9.62 Å². The summed E-state index contributed by atoms with van der Waals surface area (Å²) in [6.45, 7) is 1.95. The van der Waals surface area contributed by atoms with Crippen molar-refractivity contribution in [2.45, 2.75) is 30.5 Å². The van der Waals surface area contributed by atoms with Crippen molar-refractivity contribution in [3.63, 3.8) is 0 Å². The van der Waals surface area contributed by atoms with Gasteiger partial charge in [-0.3, -0.25) is 4.79 Å². The highest BCUT2D eigenvalue weighted by Crippen LogP contribution is 2.34. The van der Waals surface area contributed by atoms with Gasteiger partial charge in [-0.2, -0.15) is 18.4 Å². The first-order valence-corrected chi connectivity index (χ1v) is 11.4. The van der Waals surface area contributed by atoms with Crippen LogP contribution >= 0.6 is 22.6 Å². The van der Waals surface area contributed by atoms with Crippen LogP contribution in [0.4, 0.5) is 18.9 Å². The molecule has 0 spiro atoms. The number of rotatable bonds is 5. The maximum Gasteiger partial charge on any atom is 0.450 e. The van der Waals surface area contributed by atoms with Gasteiger partial charge in [0.25, 0.3) is 5.91 Å². The number of carbonyl (C=O) groups is 1. The van der Waals surface area contributed by atoms with Crippen molar-refractivity contribution in [2.75, 3.05) is 18.4 Å². The van der Waals surface area contributed by atoms with Gasteiger partial charge in [-0.15, -0.1) is 0 Å². The lowest BCUT2D eigenvalue weighted by Gasteiger charge is -2.15. The van der Waals surface area contributed by atoms with E-state index in [0.717, 1.165) is 6.07 Å². The molecule has 13 heteroatoms. The smallest absolute Gasteiger partial charge is 0.450 e. The van der Waals surface area contributed by atoms with Gasteiger partial charge >= 0.3 is 6.18 Å². The van der Waals surface area contributed by atoms with Gasteiger partial charge in [0.05, 0.1) is 10.5 Å². The molecular weight excluding hydrogens is 552 g/mol. The average molecular weight is 568 g/mol. The van der Waals surface area contributed by atoms with E-state index in [2.05, 4.69) is 14.5 Å². The van der Waals surface area contributed by atoms with Gasteiger partial charge in [-0.25, -0.2) is 13.1 Å². The van der Waals surface area contributed by atoms with Gasteiger partial charge in [0.1, 0.15) is 5.76 Å². The second kappa shape index (κ2) is 8.67. The second-order valence-corrected chi connectivity index (χ2v) is 9.69. The molecule has 8 nitrogen and oxygen atoms in total. The fourth-order valence-electron chi connectivity index (χ4n) is 3.11. The van der Waals surface area contributed by atoms with Crippen molar-refractivity contribution in [2.24, 2.45) is 0 Å². The van der Waals surface area contributed by atoms with Crippen molar-refractivity contribution in [3.05, 3.63) is 44.9 Å². The molecule has 1 atom stereocenters. The normalized spacial score (nSPS) is 16.9. The van der Waals surface area contributed by atoms with E-state index < -0.39 is 39.5 Å². The summed E-state index contributed by atoms with van der Waals surface area (Å²) in [5.74, 6) is -2.59. The number of alkyl halides is 3. The Morgan fingerprint density at radius 2 is 2.06 bits per heavy atom. The van der Waals surface area contributed by atoms with Gasteiger partial charge < -0.3 is 14.6 Å². The van der Waals surface area contributed by atoms with Crippen LogP contribution in [-0.2, 0) is 16.2 Å². The van der Waals surface area contributed by atoms with Gasteiger partial charge in [0.2, 0.25) is 15.8 Å². The van der Waals surface area contributed by atoms with Crippen molar-refractivity contribution in [1.29, 1.82) is 5.26 Å². The third kappa shape index (κ3) is 5.31. The Hall–Kier alpha value is -2.31. The van der Waals surface area contributed by atoms with Crippen LogP contribution in [0.3, 0.4) is 0 Å². The van der Waals surface area contributed by atoms with Gasteiger partial charge in [-0.1, -0.05) is 0 Å². The molecule has 166 valence electrons. The van der Waals surface area contributed by atoms with E-state index in [1.807, 2.05) is 6.19 Å². The minimum absolute atomic E-state index is 0.00263. The highest BCUT2D eigenvalue weighted by atomic mass is 127. The number of sulfonamides is 1. The van der Waals surface area contributed by atoms with Gasteiger partial charge in [-0.05, 0) is 60.2 Å². The number of amides is 1. The first-order valence-electron chi connectivity index (χ1n) is 8.86. The number of carbonyl (C=O) groups excluding carboxylic acids is 1. The van der Waals surface area contributed by atoms with Crippen LogP contribution in [0.15, 0.2) is 33.6 Å². The third-order valence-corrected chi connectivity index (χ3v) is 7.35. The molecule has 1 aliphatic rings. The van der Waals surface area contributed by atoms with Crippen LogP contribution in [0.25, 0.3) is 0 Å². The molecule has 0 bridgehead atoms. The Balaban J connectivity index is 1.83. The maximum absolute atomic E-state index is 13.1. The van der Waals surface area contributed by atoms with Crippen molar-refractivity contribution in [3.8, 4) is 6.19 Å². The summed E-state index contributed by atoms with van der Waals surface area (Å²) < 4.78 is 72.4. The molecule has 1 amide bonds. The Labute approximate surface area is 189 Å². The minimum Gasteiger partial charge on any atom is -0.456 e. The quantitative estimate of drug-likeness (QED) is 0.423. The second-order valence-electron chi connectivity index (χ2n) is 6.85. The van der Waals surface area contributed by atoms with E-state index in [-0.39, 0.29) is 22.9 Å². The molecule has 1 aromatic carbocycles. The highest BCUT2D eigenvalue weighted by Gasteiger charge is 2.40. The molecule has 0 radical (unpaired) electrons. The molecule has 1 saturated heterocycles. The lowest BCUT2D eigenvalue weighted by Crippen LogP contribution is -2.36. The zero-order valence-corrected chi connectivity index (χ0v) is 18.9. The SMILES string of the molecule is Cc1cc(C(=O)Nc2ccc(I)c(S(=O)(=O)N[C@@H]3CCN(C#N)C3)c2)c(C(F)(F)F)o1. The monoisotopic (exact) mass is 568 g/mol. The number of aryl methyl sites for hydroxylation is 1. The van der Waals surface area contributed by atoms with Crippen LogP contribution < -0.4 is 10.0 Å². The Morgan fingerprint density at radius 1 is 1.35 bits per heavy atom. The average Bonchev–Trinajstić information content (AvgIpc) is 3.28. The molecule has 2 heterocycles. The molecule has 2 N–H and O–H groups in total. The fraction of sp³-hybridized carbons (Fsp3) is 0.333. The van der Waals surface area contributed by atoms with Crippen molar-refractivity contribution >= 4 is 44.2 Å². The zero-order valence-electron chi connectivity index (χ0n) is 16.0. The van der Waals surface area contributed by atoms with Gasteiger partial charge in [0.15, 0.2) is 6.19 Å². The standard InChI is InChI=1S/C18H16F3IN4O4S/c1-10-6-13(16(30-10)18(19,20)21)17(27)24-11-2-3-14(22)15(7-11)31(28,29)25-12-4-5-26(8-12)9-23/h2-3,6-7,12,25H,4-5,8H2,1H3,(H,24,27)/t12-/m1/s1. The molecule has 1 fully saturated rings. The maximum atomic E-state index is 13.1. The third-order valence-electron chi connectivity index (χ3n) is 4.49. The highest BCUT2D eigenvalue weighted by molar-refractivity contribution is 14.1. The summed E-state index contributed by atoms with van der Waals surface area (Å²) >= 11 is 1.81. The number of hydrogen-bond donors (Lipinski definition) is 2. The summed E-state index contributed by atoms with van der Waals surface area (Å²) in [6, 6.07) is 4.48. The van der Waals surface area contributed by atoms with E-state index in [1.54, 1.807) is 22.6 Å². The van der Waals surface area contributed by atoms with Crippen LogP contribution in [-0.4, -0.2) is 38.4 Å². The van der Waals surface area contributed by atoms with Gasteiger partial charge in [0, 0.05) is 28.4 Å². The largest absolute Gasteiger partial charge is 0.456 e. The summed E-state index contributed by atoms with van der Waals surface area (Å²) in [5, 5.41) is 11.2. The molecule has 3 rings (SSSR count). The Kier molecular flexibility index (Phi) is 6.53. The van der Waals surface area contributed by atoms with E-state index in [4.69, 9.17) is 5.26 Å². The predicted octanol–water partition coefficient (Wildman–Crippen LogP) is 3.30. The minimum atomic E-state index is -4.86. The van der Waals surface area contributed by atoms with Crippen LogP contribution in [0.1, 0.15) is 28.3 Å². The summed E-state index contributed by atoms with van der Waals surface area (Å²) in [4.78, 5) is 13.7. The molecule has 31 heavy (non-hydrogen) atoms. The molecule has 0 saturated carbocycles. The van der Waals surface area contributed by atoms with E-state index in [0.29, 0.717) is 16.5 Å². The first kappa shape index (κ1) is 23.4. The van der Waals surface area contributed by atoms with Crippen molar-refractivity contribution < 1.29 is 30.8 Å². The van der Waals surface area contributed by atoms with Crippen LogP contribution in [0.2, 0.25) is 0 Å². The zero-order chi connectivity index (χ0) is 23.0. The number of hydrogen-bond acceptors (Lipinski definition) is 6. The molecule has 1 aromatic heterocycles. The molecule has 0 aliphatic carbocycles. The van der Waals surface area contributed by atoms with Crippen LogP contribution in [0.5, 0.6) is 0 Å². The number of halogens is 4. The number of anilines is 1. The summed E-state index contributed by atoms with van der Waals surface area (Å²) in [6.07, 6.45) is -2.44. The number of benzene rings is 1. The number of nitrogens with one attached hydrogen (secondary N) is 2. The molecular formula is C18H16F3IN4O4S. The molecule has 1 aliphatic heterocycles. The first-order chi connectivity index (χ1) is 14.4. The number of likely N-dealkylation sites (tertiary alicyclic amines) is 1. The number of furan rings is 1. The fourth-order valence-corrected chi connectivity index (χ4v) is 5.68. The Morgan fingerprint density at radius 3 is 2.68 bits per heavy atom. The van der Waals surface area contributed by atoms with E-state index in [1.165, 1.54) is 30.0 Å². The number of nitrogens with zero attached hydrogens (tertiary/aromatic N) is 2. The summed E-state index contributed by atoms with van der Waals surface area (Å²) in [5.41, 5.74) is -0.698. The van der Waals surface area contributed by atoms with Crippen LogP contribution in [0, 0.1) is 21.9 Å². The molecule has 2 aromatic rings. The summed E-state index contributed by atoms with van der Waals surface area (Å²) in [7, 11) is -4.00. The number of nitriles is 1.